The van der Waals surface area contributed by atoms with Gasteiger partial charge in [0.2, 0.25) is 0 Å². The number of ether oxygens (including phenoxy) is 6. The second-order valence-corrected chi connectivity index (χ2v) is 3.26. The zero-order chi connectivity index (χ0) is 13.4. The Hall–Kier alpha value is -1.66. The Morgan fingerprint density at radius 1 is 0.667 bits per heavy atom. The minimum Gasteiger partial charge on any atom is -0.493 e. The molecular weight excluding hydrogens is 240 g/mol. The normalized spacial score (nSPS) is 10.0. The second kappa shape index (κ2) is 7.62. The average molecular weight is 258 g/mol. The molecule has 18 heavy (non-hydrogen) atoms. The first-order valence-electron chi connectivity index (χ1n) is 5.26. The van der Waals surface area contributed by atoms with Gasteiger partial charge in [0.1, 0.15) is 0 Å². The van der Waals surface area contributed by atoms with Crippen molar-refractivity contribution in [2.45, 2.75) is 0 Å². The Balaban J connectivity index is 2.98. The molecular formula is C12H18O6. The summed E-state index contributed by atoms with van der Waals surface area (Å²) in [6.07, 6.45) is 0. The molecule has 1 rings (SSSR count). The highest BCUT2D eigenvalue weighted by Crippen LogP contribution is 2.39. The first kappa shape index (κ1) is 14.4. The predicted octanol–water partition coefficient (Wildman–Crippen LogP) is 1.67. The maximum Gasteiger partial charge on any atom is 0.188 e. The standard InChI is InChI=1S/C12H18O6/c1-13-7-17-11-5-10(16-4)12(18-8-14-2)6-9(11)15-3/h5-6H,7-8H2,1-4H3. The monoisotopic (exact) mass is 258 g/mol. The molecule has 0 amide bonds. The van der Waals surface area contributed by atoms with E-state index in [1.807, 2.05) is 0 Å². The molecule has 6 heteroatoms. The van der Waals surface area contributed by atoms with Gasteiger partial charge in [-0.2, -0.15) is 0 Å². The fraction of sp³-hybridized carbons (Fsp3) is 0.500. The summed E-state index contributed by atoms with van der Waals surface area (Å²) >= 11 is 0. The third-order valence-electron chi connectivity index (χ3n) is 2.11. The lowest BCUT2D eigenvalue weighted by Crippen LogP contribution is -2.04. The zero-order valence-corrected chi connectivity index (χ0v) is 11.0. The first-order chi connectivity index (χ1) is 8.76. The van der Waals surface area contributed by atoms with Gasteiger partial charge in [-0.05, 0) is 0 Å². The molecule has 6 nitrogen and oxygen atoms in total. The van der Waals surface area contributed by atoms with Gasteiger partial charge in [0.25, 0.3) is 0 Å². The predicted molar refractivity (Wildman–Crippen MR) is 64.6 cm³/mol. The van der Waals surface area contributed by atoms with Gasteiger partial charge in [-0.3, -0.25) is 0 Å². The van der Waals surface area contributed by atoms with Crippen LogP contribution >= 0.6 is 0 Å². The van der Waals surface area contributed by atoms with Crippen molar-refractivity contribution in [3.8, 4) is 23.0 Å². The zero-order valence-electron chi connectivity index (χ0n) is 11.0. The molecule has 1 aromatic carbocycles. The SMILES string of the molecule is COCOc1cc(OC)c(OCOC)cc1OC. The Labute approximate surface area is 106 Å². The molecule has 0 aliphatic heterocycles. The summed E-state index contributed by atoms with van der Waals surface area (Å²) in [4.78, 5) is 0. The lowest BCUT2D eigenvalue weighted by molar-refractivity contribution is 0.0452. The van der Waals surface area contributed by atoms with E-state index in [0.717, 1.165) is 0 Å². The molecule has 0 bridgehead atoms. The van der Waals surface area contributed by atoms with Crippen LogP contribution in [-0.4, -0.2) is 42.0 Å². The summed E-state index contributed by atoms with van der Waals surface area (Å²) in [6, 6.07) is 3.34. The molecule has 0 unspecified atom stereocenters. The molecule has 0 spiro atoms. The Morgan fingerprint density at radius 3 is 1.33 bits per heavy atom. The van der Waals surface area contributed by atoms with E-state index in [1.54, 1.807) is 40.6 Å². The van der Waals surface area contributed by atoms with Crippen molar-refractivity contribution in [2.75, 3.05) is 42.0 Å². The highest BCUT2D eigenvalue weighted by molar-refractivity contribution is 5.54. The van der Waals surface area contributed by atoms with Crippen LogP contribution in [0.3, 0.4) is 0 Å². The van der Waals surface area contributed by atoms with E-state index in [9.17, 15) is 0 Å². The van der Waals surface area contributed by atoms with E-state index in [4.69, 9.17) is 28.4 Å². The molecule has 102 valence electrons. The van der Waals surface area contributed by atoms with Gasteiger partial charge in [0.05, 0.1) is 14.2 Å². The van der Waals surface area contributed by atoms with E-state index < -0.39 is 0 Å². The summed E-state index contributed by atoms with van der Waals surface area (Å²) in [5, 5.41) is 0. The van der Waals surface area contributed by atoms with Crippen LogP contribution < -0.4 is 18.9 Å². The van der Waals surface area contributed by atoms with E-state index in [1.165, 1.54) is 0 Å². The number of benzene rings is 1. The summed E-state index contributed by atoms with van der Waals surface area (Å²) in [7, 11) is 6.17. The van der Waals surface area contributed by atoms with Crippen LogP contribution in [0.5, 0.6) is 23.0 Å². The van der Waals surface area contributed by atoms with Crippen LogP contribution in [0.2, 0.25) is 0 Å². The van der Waals surface area contributed by atoms with Gasteiger partial charge in [-0.1, -0.05) is 0 Å². The van der Waals surface area contributed by atoms with Gasteiger partial charge < -0.3 is 28.4 Å². The smallest absolute Gasteiger partial charge is 0.188 e. The Morgan fingerprint density at radius 2 is 1.06 bits per heavy atom. The minimum absolute atomic E-state index is 0.123. The molecule has 0 atom stereocenters. The van der Waals surface area contributed by atoms with E-state index >= 15 is 0 Å². The maximum absolute atomic E-state index is 5.37. The lowest BCUT2D eigenvalue weighted by Gasteiger charge is -2.15. The summed E-state index contributed by atoms with van der Waals surface area (Å²) in [6.45, 7) is 0.246. The summed E-state index contributed by atoms with van der Waals surface area (Å²) < 4.78 is 30.8. The van der Waals surface area contributed by atoms with Crippen LogP contribution in [-0.2, 0) is 9.47 Å². The quantitative estimate of drug-likeness (QED) is 0.661. The molecule has 0 aromatic heterocycles. The van der Waals surface area contributed by atoms with E-state index in [0.29, 0.717) is 23.0 Å². The second-order valence-electron chi connectivity index (χ2n) is 3.26. The number of methoxy groups -OCH3 is 4. The number of hydrogen-bond donors (Lipinski definition) is 0. The van der Waals surface area contributed by atoms with Gasteiger partial charge >= 0.3 is 0 Å². The Bertz CT molecular complexity index is 330. The Kier molecular flexibility index (Phi) is 6.10. The maximum atomic E-state index is 5.37. The van der Waals surface area contributed by atoms with Crippen LogP contribution in [0.1, 0.15) is 0 Å². The van der Waals surface area contributed by atoms with Crippen molar-refractivity contribution >= 4 is 0 Å². The van der Waals surface area contributed by atoms with Gasteiger partial charge in [0, 0.05) is 26.4 Å². The first-order valence-corrected chi connectivity index (χ1v) is 5.26. The van der Waals surface area contributed by atoms with Gasteiger partial charge in [-0.25, -0.2) is 0 Å². The highest BCUT2D eigenvalue weighted by Gasteiger charge is 2.13. The highest BCUT2D eigenvalue weighted by atomic mass is 16.7. The largest absolute Gasteiger partial charge is 0.493 e. The van der Waals surface area contributed by atoms with Gasteiger partial charge in [0.15, 0.2) is 36.6 Å². The third-order valence-corrected chi connectivity index (χ3v) is 2.11. The van der Waals surface area contributed by atoms with Crippen LogP contribution in [0, 0.1) is 0 Å². The lowest BCUT2D eigenvalue weighted by atomic mass is 10.2. The van der Waals surface area contributed by atoms with Crippen molar-refractivity contribution < 1.29 is 28.4 Å². The molecule has 0 heterocycles. The van der Waals surface area contributed by atoms with E-state index in [-0.39, 0.29) is 13.6 Å². The van der Waals surface area contributed by atoms with Crippen molar-refractivity contribution in [2.24, 2.45) is 0 Å². The van der Waals surface area contributed by atoms with Gasteiger partial charge in [-0.15, -0.1) is 0 Å². The molecule has 0 saturated carbocycles. The van der Waals surface area contributed by atoms with Crippen LogP contribution in [0.4, 0.5) is 0 Å². The summed E-state index contributed by atoms with van der Waals surface area (Å²) in [5.74, 6) is 2.08. The van der Waals surface area contributed by atoms with E-state index in [2.05, 4.69) is 0 Å². The van der Waals surface area contributed by atoms with Crippen molar-refractivity contribution in [1.29, 1.82) is 0 Å². The molecule has 0 fully saturated rings. The molecule has 0 aliphatic rings. The molecule has 0 aliphatic carbocycles. The summed E-state index contributed by atoms with van der Waals surface area (Å²) in [5.41, 5.74) is 0. The fourth-order valence-electron chi connectivity index (χ4n) is 1.31. The van der Waals surface area contributed by atoms with Crippen LogP contribution in [0.25, 0.3) is 0 Å². The molecule has 1 aromatic rings. The number of rotatable bonds is 8. The molecule has 0 saturated heterocycles. The van der Waals surface area contributed by atoms with Crippen molar-refractivity contribution in [1.82, 2.24) is 0 Å². The number of hydrogen-bond acceptors (Lipinski definition) is 6. The topological polar surface area (TPSA) is 55.4 Å². The van der Waals surface area contributed by atoms with Crippen molar-refractivity contribution in [3.63, 3.8) is 0 Å². The molecule has 0 N–H and O–H groups in total. The van der Waals surface area contributed by atoms with Crippen LogP contribution in [0.15, 0.2) is 12.1 Å². The molecule has 0 radical (unpaired) electrons. The minimum atomic E-state index is 0.123. The third kappa shape index (κ3) is 3.68. The fourth-order valence-corrected chi connectivity index (χ4v) is 1.31. The average Bonchev–Trinajstić information content (AvgIpc) is 2.42. The van der Waals surface area contributed by atoms with Crippen molar-refractivity contribution in [3.05, 3.63) is 12.1 Å².